The Labute approximate surface area is 112 Å². The average molecular weight is 258 g/mol. The van der Waals surface area contributed by atoms with Crippen LogP contribution in [0.5, 0.6) is 0 Å². The third-order valence-electron chi connectivity index (χ3n) is 2.76. The molecule has 0 saturated carbocycles. The molecule has 0 aromatic carbocycles. The van der Waals surface area contributed by atoms with E-state index in [1.54, 1.807) is 12.4 Å². The van der Waals surface area contributed by atoms with Crippen LogP contribution >= 0.6 is 0 Å². The highest BCUT2D eigenvalue weighted by molar-refractivity contribution is 5.75. The van der Waals surface area contributed by atoms with Crippen molar-refractivity contribution in [3.05, 3.63) is 36.8 Å². The number of hydrogen-bond donors (Lipinski definition) is 1. The van der Waals surface area contributed by atoms with Crippen LogP contribution in [0.25, 0.3) is 11.3 Å². The number of carbonyl (C=O) groups excluding carboxylic acids is 1. The number of aromatic nitrogens is 3. The van der Waals surface area contributed by atoms with Crippen LogP contribution in [0.1, 0.15) is 19.8 Å². The lowest BCUT2D eigenvalue weighted by atomic mass is 10.2. The normalized spacial score (nSPS) is 10.4. The molecule has 5 heteroatoms. The first kappa shape index (κ1) is 13.3. The Morgan fingerprint density at radius 2 is 2.11 bits per heavy atom. The summed E-state index contributed by atoms with van der Waals surface area (Å²) in [5.74, 6) is 0.101. The Balaban J connectivity index is 1.86. The van der Waals surface area contributed by atoms with Crippen LogP contribution in [0.4, 0.5) is 0 Å². The Hall–Kier alpha value is -2.17. The van der Waals surface area contributed by atoms with Crippen LogP contribution in [-0.4, -0.2) is 27.2 Å². The van der Waals surface area contributed by atoms with Crippen molar-refractivity contribution in [3.63, 3.8) is 0 Å². The van der Waals surface area contributed by atoms with E-state index in [4.69, 9.17) is 0 Å². The Kier molecular flexibility index (Phi) is 4.66. The maximum absolute atomic E-state index is 11.3. The molecule has 0 unspecified atom stereocenters. The Bertz CT molecular complexity index is 521. The van der Waals surface area contributed by atoms with Gasteiger partial charge in [0.15, 0.2) is 0 Å². The molecule has 0 aliphatic rings. The smallest absolute Gasteiger partial charge is 0.220 e. The number of rotatable bonds is 6. The van der Waals surface area contributed by atoms with Crippen molar-refractivity contribution >= 4 is 5.91 Å². The molecule has 0 atom stereocenters. The predicted octanol–water partition coefficient (Wildman–Crippen LogP) is 1.86. The minimum atomic E-state index is 0.101. The first-order valence-electron chi connectivity index (χ1n) is 6.50. The summed E-state index contributed by atoms with van der Waals surface area (Å²) in [5, 5.41) is 7.33. The largest absolute Gasteiger partial charge is 0.354 e. The molecule has 0 spiro atoms. The number of pyridine rings is 1. The molecule has 0 bridgehead atoms. The summed E-state index contributed by atoms with van der Waals surface area (Å²) < 4.78 is 1.84. The van der Waals surface area contributed by atoms with Gasteiger partial charge in [-0.1, -0.05) is 6.92 Å². The molecule has 1 N–H and O–H groups in total. The van der Waals surface area contributed by atoms with Crippen LogP contribution < -0.4 is 5.32 Å². The van der Waals surface area contributed by atoms with E-state index in [9.17, 15) is 4.79 Å². The average Bonchev–Trinajstić information content (AvgIpc) is 2.89. The highest BCUT2D eigenvalue weighted by Crippen LogP contribution is 2.14. The highest BCUT2D eigenvalue weighted by atomic mass is 16.1. The van der Waals surface area contributed by atoms with Gasteiger partial charge in [0, 0.05) is 37.1 Å². The molecule has 0 aliphatic heterocycles. The summed E-state index contributed by atoms with van der Waals surface area (Å²) in [6.45, 7) is 3.28. The van der Waals surface area contributed by atoms with Crippen LogP contribution in [0.3, 0.4) is 0 Å². The van der Waals surface area contributed by atoms with Crippen LogP contribution in [-0.2, 0) is 11.3 Å². The maximum atomic E-state index is 11.3. The standard InChI is InChI=1S/C14H18N4O/c1-2-3-14(19)16-9-11-18-10-6-13(17-18)12-4-7-15-8-5-12/h4-8,10H,2-3,9,11H2,1H3,(H,16,19). The number of nitrogens with one attached hydrogen (secondary N) is 1. The monoisotopic (exact) mass is 258 g/mol. The van der Waals surface area contributed by atoms with Crippen LogP contribution in [0.2, 0.25) is 0 Å². The third kappa shape index (κ3) is 3.91. The van der Waals surface area contributed by atoms with Crippen molar-refractivity contribution in [2.75, 3.05) is 6.54 Å². The van der Waals surface area contributed by atoms with E-state index in [0.717, 1.165) is 17.7 Å². The van der Waals surface area contributed by atoms with E-state index in [1.807, 2.05) is 36.0 Å². The third-order valence-corrected chi connectivity index (χ3v) is 2.76. The van der Waals surface area contributed by atoms with E-state index < -0.39 is 0 Å². The van der Waals surface area contributed by atoms with Crippen molar-refractivity contribution < 1.29 is 4.79 Å². The fraction of sp³-hybridized carbons (Fsp3) is 0.357. The SMILES string of the molecule is CCCC(=O)NCCn1ccc(-c2ccncc2)n1. The molecule has 2 heterocycles. The molecular formula is C14H18N4O. The lowest BCUT2D eigenvalue weighted by molar-refractivity contribution is -0.121. The Morgan fingerprint density at radius 1 is 1.32 bits per heavy atom. The van der Waals surface area contributed by atoms with E-state index in [2.05, 4.69) is 15.4 Å². The highest BCUT2D eigenvalue weighted by Gasteiger charge is 2.02. The molecule has 0 radical (unpaired) electrons. The maximum Gasteiger partial charge on any atom is 0.220 e. The molecule has 0 fully saturated rings. The molecule has 2 rings (SSSR count). The molecule has 2 aromatic heterocycles. The molecule has 0 saturated heterocycles. The second kappa shape index (κ2) is 6.68. The summed E-state index contributed by atoms with van der Waals surface area (Å²) >= 11 is 0. The summed E-state index contributed by atoms with van der Waals surface area (Å²) in [7, 11) is 0. The lowest BCUT2D eigenvalue weighted by Gasteiger charge is -2.04. The zero-order valence-corrected chi connectivity index (χ0v) is 11.0. The molecule has 5 nitrogen and oxygen atoms in total. The van der Waals surface area contributed by atoms with Crippen molar-refractivity contribution in [2.45, 2.75) is 26.3 Å². The van der Waals surface area contributed by atoms with Crippen molar-refractivity contribution in [2.24, 2.45) is 0 Å². The molecule has 19 heavy (non-hydrogen) atoms. The van der Waals surface area contributed by atoms with Crippen molar-refractivity contribution in [1.29, 1.82) is 0 Å². The number of carbonyl (C=O) groups is 1. The minimum Gasteiger partial charge on any atom is -0.354 e. The quantitative estimate of drug-likeness (QED) is 0.860. The van der Waals surface area contributed by atoms with Crippen molar-refractivity contribution in [1.82, 2.24) is 20.1 Å². The fourth-order valence-electron chi connectivity index (χ4n) is 1.79. The lowest BCUT2D eigenvalue weighted by Crippen LogP contribution is -2.26. The molecule has 0 aliphatic carbocycles. The van der Waals surface area contributed by atoms with Crippen LogP contribution in [0.15, 0.2) is 36.8 Å². The van der Waals surface area contributed by atoms with Crippen LogP contribution in [0, 0.1) is 0 Å². The number of amides is 1. The van der Waals surface area contributed by atoms with E-state index in [0.29, 0.717) is 19.5 Å². The molecule has 2 aromatic rings. The summed E-state index contributed by atoms with van der Waals surface area (Å²) in [6.07, 6.45) is 6.88. The van der Waals surface area contributed by atoms with Gasteiger partial charge in [0.05, 0.1) is 12.2 Å². The summed E-state index contributed by atoms with van der Waals surface area (Å²) in [5.41, 5.74) is 1.96. The Morgan fingerprint density at radius 3 is 2.84 bits per heavy atom. The van der Waals surface area contributed by atoms with E-state index in [-0.39, 0.29) is 5.91 Å². The zero-order valence-electron chi connectivity index (χ0n) is 11.0. The van der Waals surface area contributed by atoms with Gasteiger partial charge in [-0.15, -0.1) is 0 Å². The first-order chi connectivity index (χ1) is 9.29. The van der Waals surface area contributed by atoms with Gasteiger partial charge in [-0.05, 0) is 24.6 Å². The van der Waals surface area contributed by atoms with Crippen molar-refractivity contribution in [3.8, 4) is 11.3 Å². The van der Waals surface area contributed by atoms with Gasteiger partial charge in [-0.2, -0.15) is 5.10 Å². The van der Waals surface area contributed by atoms with Gasteiger partial charge >= 0.3 is 0 Å². The van der Waals surface area contributed by atoms with E-state index >= 15 is 0 Å². The number of hydrogen-bond acceptors (Lipinski definition) is 3. The molecular weight excluding hydrogens is 240 g/mol. The summed E-state index contributed by atoms with van der Waals surface area (Å²) in [6, 6.07) is 5.81. The second-order valence-corrected chi connectivity index (χ2v) is 4.30. The van der Waals surface area contributed by atoms with Gasteiger partial charge in [0.2, 0.25) is 5.91 Å². The van der Waals surface area contributed by atoms with Gasteiger partial charge in [0.25, 0.3) is 0 Å². The molecule has 1 amide bonds. The van der Waals surface area contributed by atoms with Gasteiger partial charge in [-0.25, -0.2) is 0 Å². The van der Waals surface area contributed by atoms with Gasteiger partial charge in [0.1, 0.15) is 0 Å². The minimum absolute atomic E-state index is 0.101. The van der Waals surface area contributed by atoms with E-state index in [1.165, 1.54) is 0 Å². The summed E-state index contributed by atoms with van der Waals surface area (Å²) in [4.78, 5) is 15.3. The second-order valence-electron chi connectivity index (χ2n) is 4.30. The number of nitrogens with zero attached hydrogens (tertiary/aromatic N) is 3. The first-order valence-corrected chi connectivity index (χ1v) is 6.50. The molecule has 100 valence electrons. The topological polar surface area (TPSA) is 59.8 Å². The van der Waals surface area contributed by atoms with Gasteiger partial charge in [-0.3, -0.25) is 14.5 Å². The fourth-order valence-corrected chi connectivity index (χ4v) is 1.79. The van der Waals surface area contributed by atoms with Gasteiger partial charge < -0.3 is 5.32 Å². The zero-order chi connectivity index (χ0) is 13.5. The predicted molar refractivity (Wildman–Crippen MR) is 73.4 cm³/mol.